The van der Waals surface area contributed by atoms with Gasteiger partial charge in [-0.15, -0.1) is 0 Å². The maximum atomic E-state index is 11.7. The smallest absolute Gasteiger partial charge is 0.410 e. The van der Waals surface area contributed by atoms with Crippen LogP contribution in [0.4, 0.5) is 22.5 Å². The summed E-state index contributed by atoms with van der Waals surface area (Å²) in [5, 5.41) is 23.6. The zero-order valence-corrected chi connectivity index (χ0v) is 19.2. The second-order valence-electron chi connectivity index (χ2n) is 7.94. The zero-order chi connectivity index (χ0) is 23.9. The molecule has 0 aliphatic rings. The number of aliphatic hydroxyl groups excluding tert-OH is 1. The lowest BCUT2D eigenvalue weighted by Gasteiger charge is -2.19. The van der Waals surface area contributed by atoms with Crippen LogP contribution in [0.15, 0.2) is 18.3 Å². The molecule has 176 valence electrons. The summed E-state index contributed by atoms with van der Waals surface area (Å²) >= 11 is 0. The fraction of sp³-hybridized carbons (Fsp3) is 0.526. The molecule has 0 spiro atoms. The number of rotatable bonds is 11. The average molecular weight is 468 g/mol. The molecule has 12 nitrogen and oxygen atoms in total. The molecule has 0 aliphatic carbocycles. The van der Waals surface area contributed by atoms with Crippen LogP contribution in [-0.2, 0) is 16.4 Å². The molecular formula is C19H29N7O5S. The van der Waals surface area contributed by atoms with Crippen LogP contribution in [0.1, 0.15) is 44.5 Å². The van der Waals surface area contributed by atoms with Crippen LogP contribution >= 0.6 is 0 Å². The quantitative estimate of drug-likeness (QED) is 0.327. The van der Waals surface area contributed by atoms with Crippen LogP contribution in [0.3, 0.4) is 0 Å². The van der Waals surface area contributed by atoms with Gasteiger partial charge in [0.05, 0.1) is 18.9 Å². The Bertz CT molecular complexity index is 1020. The van der Waals surface area contributed by atoms with E-state index in [-0.39, 0.29) is 36.3 Å². The van der Waals surface area contributed by atoms with E-state index in [1.165, 1.54) is 0 Å². The molecule has 0 saturated heterocycles. The van der Waals surface area contributed by atoms with Crippen molar-refractivity contribution in [2.75, 3.05) is 28.2 Å². The number of carboxylic acid groups (broad SMARTS) is 1. The second kappa shape index (κ2) is 11.0. The lowest BCUT2D eigenvalue weighted by molar-refractivity contribution is 0.209. The van der Waals surface area contributed by atoms with E-state index >= 15 is 0 Å². The first-order valence-electron chi connectivity index (χ1n) is 10.0. The number of hydrogen-bond acceptors (Lipinski definition) is 9. The summed E-state index contributed by atoms with van der Waals surface area (Å²) in [5.74, 6) is 0.808. The van der Waals surface area contributed by atoms with E-state index in [0.717, 1.165) is 11.8 Å². The summed E-state index contributed by atoms with van der Waals surface area (Å²) in [6.45, 7) is 5.82. The van der Waals surface area contributed by atoms with E-state index in [0.29, 0.717) is 24.6 Å². The van der Waals surface area contributed by atoms with Gasteiger partial charge in [0.1, 0.15) is 11.6 Å². The predicted octanol–water partition coefficient (Wildman–Crippen LogP) is 1.89. The van der Waals surface area contributed by atoms with Crippen LogP contribution in [0.25, 0.3) is 0 Å². The fourth-order valence-corrected chi connectivity index (χ4v) is 3.41. The largest absolute Gasteiger partial charge is 0.465 e. The molecule has 0 radical (unpaired) electrons. The van der Waals surface area contributed by atoms with Crippen LogP contribution in [0, 0.1) is 5.92 Å². The molecule has 2 heterocycles. The summed E-state index contributed by atoms with van der Waals surface area (Å²) in [4.78, 5) is 27.5. The number of carbonyl (C=O) groups is 1. The van der Waals surface area contributed by atoms with Gasteiger partial charge in [0, 0.05) is 12.6 Å². The van der Waals surface area contributed by atoms with Gasteiger partial charge < -0.3 is 15.5 Å². The fourth-order valence-electron chi connectivity index (χ4n) is 2.99. The van der Waals surface area contributed by atoms with Crippen molar-refractivity contribution < 1.29 is 23.4 Å². The molecule has 2 aromatic rings. The Labute approximate surface area is 187 Å². The van der Waals surface area contributed by atoms with E-state index < -0.39 is 16.1 Å². The van der Waals surface area contributed by atoms with Crippen LogP contribution in [0.2, 0.25) is 0 Å². The molecule has 2 rings (SSSR count). The first-order chi connectivity index (χ1) is 14.9. The Balaban J connectivity index is 2.26. The number of hydrogen-bond donors (Lipinski definition) is 5. The van der Waals surface area contributed by atoms with E-state index in [1.54, 1.807) is 18.3 Å². The molecule has 0 bridgehead atoms. The molecular weight excluding hydrogens is 438 g/mol. The number of aromatic nitrogens is 4. The maximum Gasteiger partial charge on any atom is 0.410 e. The van der Waals surface area contributed by atoms with Crippen molar-refractivity contribution in [1.82, 2.24) is 19.9 Å². The number of anilines is 3. The van der Waals surface area contributed by atoms with E-state index in [4.69, 9.17) is 5.11 Å². The van der Waals surface area contributed by atoms with Gasteiger partial charge in [-0.3, -0.25) is 10.0 Å². The van der Waals surface area contributed by atoms with Gasteiger partial charge in [0.2, 0.25) is 21.9 Å². The highest BCUT2D eigenvalue weighted by molar-refractivity contribution is 7.91. The van der Waals surface area contributed by atoms with Crippen LogP contribution in [0.5, 0.6) is 0 Å². The number of aliphatic hydroxyl groups is 1. The first-order valence-corrected chi connectivity index (χ1v) is 11.9. The number of sulfonamides is 1. The van der Waals surface area contributed by atoms with Crippen molar-refractivity contribution in [2.24, 2.45) is 5.92 Å². The van der Waals surface area contributed by atoms with Crippen molar-refractivity contribution >= 4 is 33.8 Å². The minimum absolute atomic E-state index is 0.105. The highest BCUT2D eigenvalue weighted by Gasteiger charge is 2.17. The number of pyridine rings is 1. The van der Waals surface area contributed by atoms with Gasteiger partial charge in [-0.25, -0.2) is 18.2 Å². The molecule has 32 heavy (non-hydrogen) atoms. The molecule has 2 unspecified atom stereocenters. The summed E-state index contributed by atoms with van der Waals surface area (Å²) < 4.78 is 25.6. The van der Waals surface area contributed by atoms with Crippen molar-refractivity contribution in [1.29, 1.82) is 0 Å². The monoisotopic (exact) mass is 467 g/mol. The van der Waals surface area contributed by atoms with Crippen molar-refractivity contribution in [3.63, 3.8) is 0 Å². The molecule has 0 aromatic carbocycles. The maximum absolute atomic E-state index is 11.7. The molecule has 13 heteroatoms. The lowest BCUT2D eigenvalue weighted by Crippen LogP contribution is -2.27. The third-order valence-corrected chi connectivity index (χ3v) is 4.90. The summed E-state index contributed by atoms with van der Waals surface area (Å²) in [6, 6.07) is 2.99. The SMILES string of the molecule is CC(C)CC(CO)Nc1nc(CC(C)c2ccc(NC(=O)O)nc2)nc(NS(C)(=O)=O)n1. The Morgan fingerprint density at radius 2 is 1.81 bits per heavy atom. The second-order valence-corrected chi connectivity index (χ2v) is 9.69. The van der Waals surface area contributed by atoms with E-state index in [9.17, 15) is 18.3 Å². The summed E-state index contributed by atoms with van der Waals surface area (Å²) in [7, 11) is -3.60. The van der Waals surface area contributed by atoms with Crippen molar-refractivity contribution in [3.05, 3.63) is 29.7 Å². The topological polar surface area (TPSA) is 179 Å². The van der Waals surface area contributed by atoms with E-state index in [1.807, 2.05) is 20.8 Å². The summed E-state index contributed by atoms with van der Waals surface area (Å²) in [6.07, 6.45) is 2.37. The average Bonchev–Trinajstić information content (AvgIpc) is 2.65. The van der Waals surface area contributed by atoms with E-state index in [2.05, 4.69) is 35.3 Å². The minimum atomic E-state index is -3.60. The standard InChI is InChI=1S/C19H29N7O5S/c1-11(2)7-14(10-27)21-17-22-16(23-18(25-17)26-32(4,30)31)8-12(3)13-5-6-15(20-9-13)24-19(28)29/h5-6,9,11-12,14,27H,7-8,10H2,1-4H3,(H,20,24)(H,28,29)(H2,21,22,23,25,26). The Morgan fingerprint density at radius 1 is 1.12 bits per heavy atom. The van der Waals surface area contributed by atoms with Gasteiger partial charge in [-0.1, -0.05) is 26.8 Å². The first kappa shape index (κ1) is 25.2. The third kappa shape index (κ3) is 8.59. The number of nitrogens with zero attached hydrogens (tertiary/aromatic N) is 4. The Kier molecular flexibility index (Phi) is 8.66. The molecule has 0 saturated carbocycles. The third-order valence-electron chi connectivity index (χ3n) is 4.35. The predicted molar refractivity (Wildman–Crippen MR) is 120 cm³/mol. The molecule has 5 N–H and O–H groups in total. The van der Waals surface area contributed by atoms with Gasteiger partial charge in [0.15, 0.2) is 0 Å². The molecule has 2 atom stereocenters. The Hall–Kier alpha value is -3.06. The van der Waals surface area contributed by atoms with Gasteiger partial charge in [0.25, 0.3) is 0 Å². The highest BCUT2D eigenvalue weighted by Crippen LogP contribution is 2.21. The molecule has 0 aliphatic heterocycles. The number of nitrogens with one attached hydrogen (secondary N) is 3. The minimum Gasteiger partial charge on any atom is -0.465 e. The molecule has 1 amide bonds. The highest BCUT2D eigenvalue weighted by atomic mass is 32.2. The normalized spacial score (nSPS) is 13.4. The zero-order valence-electron chi connectivity index (χ0n) is 18.4. The lowest BCUT2D eigenvalue weighted by atomic mass is 9.99. The van der Waals surface area contributed by atoms with Gasteiger partial charge >= 0.3 is 6.09 Å². The van der Waals surface area contributed by atoms with Gasteiger partial charge in [-0.05, 0) is 29.9 Å². The van der Waals surface area contributed by atoms with Gasteiger partial charge in [-0.2, -0.15) is 15.0 Å². The number of amides is 1. The van der Waals surface area contributed by atoms with Crippen molar-refractivity contribution in [2.45, 2.75) is 45.6 Å². The van der Waals surface area contributed by atoms with Crippen LogP contribution in [-0.4, -0.2) is 63.6 Å². The van der Waals surface area contributed by atoms with Crippen molar-refractivity contribution in [3.8, 4) is 0 Å². The molecule has 2 aromatic heterocycles. The Morgan fingerprint density at radius 3 is 2.34 bits per heavy atom. The van der Waals surface area contributed by atoms with Crippen LogP contribution < -0.4 is 15.4 Å². The molecule has 0 fully saturated rings. The summed E-state index contributed by atoms with van der Waals surface area (Å²) in [5.41, 5.74) is 0.821.